The van der Waals surface area contributed by atoms with E-state index in [9.17, 15) is 18.5 Å². The number of non-ortho nitro benzene ring substituents is 1. The minimum Gasteiger partial charge on any atom is -0.376 e. The molecule has 0 spiro atoms. The van der Waals surface area contributed by atoms with Gasteiger partial charge in [-0.3, -0.25) is 10.1 Å². The Bertz CT molecular complexity index is 815. The lowest BCUT2D eigenvalue weighted by Gasteiger charge is -2.07. The van der Waals surface area contributed by atoms with Gasteiger partial charge in [-0.15, -0.1) is 0 Å². The van der Waals surface area contributed by atoms with Gasteiger partial charge in [0, 0.05) is 17.8 Å². The number of sulfone groups is 1. The highest BCUT2D eigenvalue weighted by Gasteiger charge is 2.18. The maximum atomic E-state index is 12.4. The normalized spacial score (nSPS) is 10.9. The van der Waals surface area contributed by atoms with E-state index in [2.05, 4.69) is 17.5 Å². The lowest BCUT2D eigenvalue weighted by atomic mass is 10.3. The zero-order chi connectivity index (χ0) is 16.3. The number of nitrogens with two attached hydrogens (primary N) is 1. The molecule has 9 heteroatoms. The average molecular weight is 337 g/mol. The molecule has 2 rings (SSSR count). The van der Waals surface area contributed by atoms with Crippen LogP contribution in [-0.4, -0.2) is 18.5 Å². The molecule has 0 fully saturated rings. The van der Waals surface area contributed by atoms with E-state index in [1.165, 1.54) is 36.4 Å². The van der Waals surface area contributed by atoms with Crippen molar-refractivity contribution in [2.75, 3.05) is 5.32 Å². The molecule has 0 saturated carbocycles. The number of hydrogen-bond acceptors (Lipinski definition) is 5. The molecule has 0 unspecified atom stereocenters. The summed E-state index contributed by atoms with van der Waals surface area (Å²) >= 11 is 4.69. The summed E-state index contributed by atoms with van der Waals surface area (Å²) < 4.78 is 24.8. The summed E-state index contributed by atoms with van der Waals surface area (Å²) in [6, 6.07) is 10.6. The number of nitrogens with zero attached hydrogens (tertiary/aromatic N) is 1. The van der Waals surface area contributed by atoms with Crippen LogP contribution < -0.4 is 11.1 Å². The van der Waals surface area contributed by atoms with Gasteiger partial charge in [-0.05, 0) is 48.6 Å². The Labute approximate surface area is 131 Å². The van der Waals surface area contributed by atoms with Gasteiger partial charge in [0.25, 0.3) is 5.69 Å². The second-order valence-electron chi connectivity index (χ2n) is 4.27. The van der Waals surface area contributed by atoms with E-state index in [1.54, 1.807) is 0 Å². The molecule has 0 amide bonds. The number of nitro benzene ring substituents is 1. The van der Waals surface area contributed by atoms with Crippen molar-refractivity contribution < 1.29 is 13.3 Å². The third-order valence-corrected chi connectivity index (χ3v) is 4.68. The maximum absolute atomic E-state index is 12.4. The number of rotatable bonds is 4. The molecule has 114 valence electrons. The van der Waals surface area contributed by atoms with Crippen LogP contribution in [0.25, 0.3) is 0 Å². The molecule has 0 radical (unpaired) electrons. The highest BCUT2D eigenvalue weighted by Crippen LogP contribution is 2.24. The van der Waals surface area contributed by atoms with Gasteiger partial charge in [0.15, 0.2) is 5.11 Å². The van der Waals surface area contributed by atoms with Crippen LogP contribution in [0, 0.1) is 10.1 Å². The van der Waals surface area contributed by atoms with Gasteiger partial charge < -0.3 is 11.1 Å². The Morgan fingerprint density at radius 2 is 1.50 bits per heavy atom. The Morgan fingerprint density at radius 3 is 1.91 bits per heavy atom. The molecule has 0 bridgehead atoms. The van der Waals surface area contributed by atoms with Crippen molar-refractivity contribution in [1.82, 2.24) is 0 Å². The van der Waals surface area contributed by atoms with Crippen molar-refractivity contribution in [1.29, 1.82) is 0 Å². The molecule has 22 heavy (non-hydrogen) atoms. The van der Waals surface area contributed by atoms with Crippen LogP contribution in [0.15, 0.2) is 58.3 Å². The van der Waals surface area contributed by atoms with Crippen LogP contribution in [-0.2, 0) is 9.84 Å². The highest BCUT2D eigenvalue weighted by atomic mass is 32.2. The number of thiocarbonyl (C=S) groups is 1. The minimum atomic E-state index is -3.74. The molecule has 0 aliphatic carbocycles. The van der Waals surface area contributed by atoms with Gasteiger partial charge >= 0.3 is 0 Å². The number of nitrogens with one attached hydrogen (secondary N) is 1. The van der Waals surface area contributed by atoms with E-state index in [0.29, 0.717) is 5.69 Å². The third kappa shape index (κ3) is 3.38. The van der Waals surface area contributed by atoms with Crippen molar-refractivity contribution >= 4 is 38.5 Å². The first-order chi connectivity index (χ1) is 10.3. The molecule has 2 aromatic carbocycles. The standard InChI is InChI=1S/C13H11N3O4S2/c14-13(21)15-9-1-5-11(6-2-9)22(19,20)12-7-3-10(4-8-12)16(17)18/h1-8H,(H3,14,15,21). The first-order valence-electron chi connectivity index (χ1n) is 5.97. The number of anilines is 1. The lowest BCUT2D eigenvalue weighted by Crippen LogP contribution is -2.18. The van der Waals surface area contributed by atoms with E-state index >= 15 is 0 Å². The first kappa shape index (κ1) is 15.9. The molecular formula is C13H11N3O4S2. The Kier molecular flexibility index (Phi) is 4.38. The predicted octanol–water partition coefficient (Wildman–Crippen LogP) is 2.08. The zero-order valence-electron chi connectivity index (χ0n) is 11.1. The van der Waals surface area contributed by atoms with Gasteiger partial charge in [0.1, 0.15) is 0 Å². The molecule has 3 N–H and O–H groups in total. The number of nitro groups is 1. The van der Waals surface area contributed by atoms with Crippen molar-refractivity contribution in [3.8, 4) is 0 Å². The summed E-state index contributed by atoms with van der Waals surface area (Å²) in [5.74, 6) is 0. The largest absolute Gasteiger partial charge is 0.376 e. The number of hydrogen-bond donors (Lipinski definition) is 2. The average Bonchev–Trinajstić information content (AvgIpc) is 2.47. The van der Waals surface area contributed by atoms with E-state index in [-0.39, 0.29) is 20.6 Å². The Balaban J connectivity index is 2.33. The predicted molar refractivity (Wildman–Crippen MR) is 85.4 cm³/mol. The van der Waals surface area contributed by atoms with Crippen LogP contribution in [0.5, 0.6) is 0 Å². The SMILES string of the molecule is NC(=S)Nc1ccc(S(=O)(=O)c2ccc([N+](=O)[O-])cc2)cc1. The van der Waals surface area contributed by atoms with E-state index in [4.69, 9.17) is 5.73 Å². The quantitative estimate of drug-likeness (QED) is 0.498. The van der Waals surface area contributed by atoms with Crippen molar-refractivity contribution in [3.05, 3.63) is 58.6 Å². The fourth-order valence-electron chi connectivity index (χ4n) is 1.74. The monoisotopic (exact) mass is 337 g/mol. The topological polar surface area (TPSA) is 115 Å². The second-order valence-corrected chi connectivity index (χ2v) is 6.66. The van der Waals surface area contributed by atoms with E-state index < -0.39 is 14.8 Å². The van der Waals surface area contributed by atoms with Gasteiger partial charge in [-0.25, -0.2) is 8.42 Å². The summed E-state index contributed by atoms with van der Waals surface area (Å²) in [6.45, 7) is 0. The number of benzene rings is 2. The van der Waals surface area contributed by atoms with Crippen molar-refractivity contribution in [2.24, 2.45) is 5.73 Å². The zero-order valence-corrected chi connectivity index (χ0v) is 12.7. The fraction of sp³-hybridized carbons (Fsp3) is 0. The van der Waals surface area contributed by atoms with Gasteiger partial charge in [0.2, 0.25) is 9.84 Å². The molecule has 0 heterocycles. The molecule has 0 aliphatic rings. The molecular weight excluding hydrogens is 326 g/mol. The summed E-state index contributed by atoms with van der Waals surface area (Å²) in [6.07, 6.45) is 0. The van der Waals surface area contributed by atoms with E-state index in [0.717, 1.165) is 12.1 Å². The maximum Gasteiger partial charge on any atom is 0.269 e. The van der Waals surface area contributed by atoms with Crippen LogP contribution in [0.2, 0.25) is 0 Å². The first-order valence-corrected chi connectivity index (χ1v) is 7.86. The Morgan fingerprint density at radius 1 is 1.05 bits per heavy atom. The lowest BCUT2D eigenvalue weighted by molar-refractivity contribution is -0.384. The van der Waals surface area contributed by atoms with Crippen molar-refractivity contribution in [2.45, 2.75) is 9.79 Å². The fourth-order valence-corrected chi connectivity index (χ4v) is 3.12. The summed E-state index contributed by atoms with van der Waals surface area (Å²) in [7, 11) is -3.74. The molecule has 0 saturated heterocycles. The summed E-state index contributed by atoms with van der Waals surface area (Å²) in [5, 5.41) is 13.3. The molecule has 0 aliphatic heterocycles. The summed E-state index contributed by atoms with van der Waals surface area (Å²) in [5.41, 5.74) is 5.72. The van der Waals surface area contributed by atoms with Gasteiger partial charge in [0.05, 0.1) is 14.7 Å². The van der Waals surface area contributed by atoms with Crippen molar-refractivity contribution in [3.63, 3.8) is 0 Å². The van der Waals surface area contributed by atoms with Crippen LogP contribution in [0.3, 0.4) is 0 Å². The Hall–Kier alpha value is -2.52. The molecule has 7 nitrogen and oxygen atoms in total. The smallest absolute Gasteiger partial charge is 0.269 e. The summed E-state index contributed by atoms with van der Waals surface area (Å²) in [4.78, 5) is 10.0. The van der Waals surface area contributed by atoms with Crippen LogP contribution in [0.4, 0.5) is 11.4 Å². The molecule has 2 aromatic rings. The highest BCUT2D eigenvalue weighted by molar-refractivity contribution is 7.91. The molecule has 0 aromatic heterocycles. The minimum absolute atomic E-state index is 0.0202. The van der Waals surface area contributed by atoms with Crippen LogP contribution in [0.1, 0.15) is 0 Å². The second kappa shape index (κ2) is 6.08. The van der Waals surface area contributed by atoms with E-state index in [1.807, 2.05) is 0 Å². The van der Waals surface area contributed by atoms with Gasteiger partial charge in [-0.2, -0.15) is 0 Å². The van der Waals surface area contributed by atoms with Crippen LogP contribution >= 0.6 is 12.2 Å². The third-order valence-electron chi connectivity index (χ3n) is 2.79. The molecule has 0 atom stereocenters. The van der Waals surface area contributed by atoms with Gasteiger partial charge in [-0.1, -0.05) is 0 Å².